The second-order valence-corrected chi connectivity index (χ2v) is 7.14. The molecule has 1 aliphatic heterocycles. The van der Waals surface area contributed by atoms with Gasteiger partial charge in [0.05, 0.1) is 12.3 Å². The molecule has 5 heteroatoms. The molecule has 0 saturated heterocycles. The summed E-state index contributed by atoms with van der Waals surface area (Å²) in [5, 5.41) is 11.1. The minimum Gasteiger partial charge on any atom is -0.352 e. The Kier molecular flexibility index (Phi) is 5.66. The molecule has 0 aliphatic carbocycles. The van der Waals surface area contributed by atoms with Crippen molar-refractivity contribution in [3.05, 3.63) is 83.9 Å². The van der Waals surface area contributed by atoms with Crippen molar-refractivity contribution >= 4 is 28.3 Å². The van der Waals surface area contributed by atoms with Gasteiger partial charge in [0, 0.05) is 25.8 Å². The summed E-state index contributed by atoms with van der Waals surface area (Å²) in [6.07, 6.45) is 1.07. The Morgan fingerprint density at radius 2 is 1.66 bits per heavy atom. The molecule has 4 rings (SSSR count). The molecule has 0 atom stereocenters. The molecule has 1 N–H and O–H groups in total. The van der Waals surface area contributed by atoms with E-state index in [9.17, 15) is 9.59 Å². The first-order valence-electron chi connectivity index (χ1n) is 9.87. The average molecular weight is 385 g/mol. The van der Waals surface area contributed by atoms with Gasteiger partial charge in [0.15, 0.2) is 0 Å². The Morgan fingerprint density at radius 3 is 2.48 bits per heavy atom. The molecule has 5 nitrogen and oxygen atoms in total. The Morgan fingerprint density at radius 1 is 0.897 bits per heavy atom. The number of carbonyl (C=O) groups excluding carboxylic acids is 2. The number of hydrazone groups is 1. The molecule has 0 unspecified atom stereocenters. The van der Waals surface area contributed by atoms with Crippen LogP contribution in [0.15, 0.2) is 77.9 Å². The quantitative estimate of drug-likeness (QED) is 0.700. The molecule has 0 aromatic heterocycles. The van der Waals surface area contributed by atoms with Crippen LogP contribution < -0.4 is 5.32 Å². The zero-order valence-corrected chi connectivity index (χ0v) is 16.2. The van der Waals surface area contributed by atoms with Crippen LogP contribution in [0, 0.1) is 0 Å². The topological polar surface area (TPSA) is 61.8 Å². The maximum Gasteiger partial charge on any atom is 0.243 e. The lowest BCUT2D eigenvalue weighted by Crippen LogP contribution is -2.27. The normalized spacial score (nSPS) is 13.4. The van der Waals surface area contributed by atoms with Gasteiger partial charge in [0.1, 0.15) is 0 Å². The summed E-state index contributed by atoms with van der Waals surface area (Å²) < 4.78 is 0. The van der Waals surface area contributed by atoms with E-state index in [1.54, 1.807) is 0 Å². The highest BCUT2D eigenvalue weighted by Crippen LogP contribution is 2.16. The van der Waals surface area contributed by atoms with Gasteiger partial charge in [-0.3, -0.25) is 9.59 Å². The standard InChI is InChI=1S/C24H23N3O2/c28-23(25-17-18-10-11-19-6-4-5-9-21(19)16-18)12-13-24(29)27-15-14-22(26-27)20-7-2-1-3-8-20/h1-11,16H,12-15,17H2,(H,25,28). The van der Waals surface area contributed by atoms with Crippen LogP contribution in [0.4, 0.5) is 0 Å². The predicted octanol–water partition coefficient (Wildman–Crippen LogP) is 3.87. The van der Waals surface area contributed by atoms with E-state index in [-0.39, 0.29) is 24.7 Å². The number of nitrogens with one attached hydrogen (secondary N) is 1. The fraction of sp³-hybridized carbons (Fsp3) is 0.208. The van der Waals surface area contributed by atoms with Gasteiger partial charge in [-0.1, -0.05) is 66.7 Å². The zero-order valence-electron chi connectivity index (χ0n) is 16.2. The SMILES string of the molecule is O=C(CCC(=O)N1CCC(c2ccccc2)=N1)NCc1ccc2ccccc2c1. The van der Waals surface area contributed by atoms with E-state index in [1.807, 2.05) is 48.5 Å². The molecule has 0 radical (unpaired) electrons. The third kappa shape index (κ3) is 4.69. The van der Waals surface area contributed by atoms with Crippen LogP contribution in [0.25, 0.3) is 10.8 Å². The molecular formula is C24H23N3O2. The van der Waals surface area contributed by atoms with E-state index in [0.29, 0.717) is 13.1 Å². The Bertz CT molecular complexity index is 1060. The van der Waals surface area contributed by atoms with Crippen LogP contribution in [0.2, 0.25) is 0 Å². The fourth-order valence-corrected chi connectivity index (χ4v) is 3.46. The van der Waals surface area contributed by atoms with Crippen molar-refractivity contribution in [2.75, 3.05) is 6.54 Å². The lowest BCUT2D eigenvalue weighted by Gasteiger charge is -2.11. The zero-order chi connectivity index (χ0) is 20.1. The number of rotatable bonds is 6. The maximum atomic E-state index is 12.4. The van der Waals surface area contributed by atoms with Crippen molar-refractivity contribution in [1.82, 2.24) is 10.3 Å². The maximum absolute atomic E-state index is 12.4. The summed E-state index contributed by atoms with van der Waals surface area (Å²) in [6, 6.07) is 24.1. The van der Waals surface area contributed by atoms with Crippen LogP contribution in [0.1, 0.15) is 30.4 Å². The number of amides is 2. The van der Waals surface area contributed by atoms with Crippen LogP contribution >= 0.6 is 0 Å². The average Bonchev–Trinajstić information content (AvgIpc) is 3.27. The van der Waals surface area contributed by atoms with Gasteiger partial charge in [-0.15, -0.1) is 0 Å². The van der Waals surface area contributed by atoms with E-state index < -0.39 is 0 Å². The van der Waals surface area contributed by atoms with Crippen LogP contribution in [0.3, 0.4) is 0 Å². The highest BCUT2D eigenvalue weighted by Gasteiger charge is 2.21. The second kappa shape index (κ2) is 8.69. The first-order valence-corrected chi connectivity index (χ1v) is 9.87. The van der Waals surface area contributed by atoms with Gasteiger partial charge in [-0.25, -0.2) is 5.01 Å². The van der Waals surface area contributed by atoms with Crippen LogP contribution in [-0.4, -0.2) is 29.1 Å². The van der Waals surface area contributed by atoms with Gasteiger partial charge in [-0.05, 0) is 28.0 Å². The van der Waals surface area contributed by atoms with Crippen molar-refractivity contribution in [2.45, 2.75) is 25.8 Å². The minimum absolute atomic E-state index is 0.114. The number of hydrogen-bond acceptors (Lipinski definition) is 3. The molecule has 2 amide bonds. The van der Waals surface area contributed by atoms with Crippen molar-refractivity contribution in [2.24, 2.45) is 5.10 Å². The van der Waals surface area contributed by atoms with Gasteiger partial charge in [-0.2, -0.15) is 5.10 Å². The number of hydrogen-bond donors (Lipinski definition) is 1. The number of benzene rings is 3. The van der Waals surface area contributed by atoms with Crippen molar-refractivity contribution < 1.29 is 9.59 Å². The summed E-state index contributed by atoms with van der Waals surface area (Å²) in [7, 11) is 0. The van der Waals surface area contributed by atoms with E-state index in [1.165, 1.54) is 10.4 Å². The highest BCUT2D eigenvalue weighted by molar-refractivity contribution is 6.02. The third-order valence-corrected chi connectivity index (χ3v) is 5.07. The molecule has 0 spiro atoms. The minimum atomic E-state index is -0.127. The number of nitrogens with zero attached hydrogens (tertiary/aromatic N) is 2. The van der Waals surface area contributed by atoms with Crippen molar-refractivity contribution in [3.63, 3.8) is 0 Å². The Hall–Kier alpha value is -3.47. The van der Waals surface area contributed by atoms with E-state index in [2.05, 4.69) is 34.7 Å². The van der Waals surface area contributed by atoms with E-state index in [4.69, 9.17) is 0 Å². The summed E-state index contributed by atoms with van der Waals surface area (Å²) in [6.45, 7) is 1.03. The Balaban J connectivity index is 1.26. The van der Waals surface area contributed by atoms with Crippen LogP contribution in [0.5, 0.6) is 0 Å². The molecule has 29 heavy (non-hydrogen) atoms. The number of carbonyl (C=O) groups is 2. The van der Waals surface area contributed by atoms with Crippen LogP contribution in [-0.2, 0) is 16.1 Å². The monoisotopic (exact) mass is 385 g/mol. The molecule has 1 aliphatic rings. The molecule has 146 valence electrons. The third-order valence-electron chi connectivity index (χ3n) is 5.07. The summed E-state index contributed by atoms with van der Waals surface area (Å²) >= 11 is 0. The number of fused-ring (bicyclic) bond motifs is 1. The summed E-state index contributed by atoms with van der Waals surface area (Å²) in [5.74, 6) is -0.241. The molecule has 0 bridgehead atoms. The van der Waals surface area contributed by atoms with E-state index >= 15 is 0 Å². The van der Waals surface area contributed by atoms with Crippen molar-refractivity contribution in [3.8, 4) is 0 Å². The lowest BCUT2D eigenvalue weighted by atomic mass is 10.1. The van der Waals surface area contributed by atoms with Gasteiger partial charge < -0.3 is 5.32 Å². The van der Waals surface area contributed by atoms with E-state index in [0.717, 1.165) is 28.6 Å². The molecular weight excluding hydrogens is 362 g/mol. The van der Waals surface area contributed by atoms with Crippen molar-refractivity contribution in [1.29, 1.82) is 0 Å². The first-order chi connectivity index (χ1) is 14.2. The molecule has 0 fully saturated rings. The largest absolute Gasteiger partial charge is 0.352 e. The fourth-order valence-electron chi connectivity index (χ4n) is 3.46. The highest BCUT2D eigenvalue weighted by atomic mass is 16.2. The summed E-state index contributed by atoms with van der Waals surface area (Å²) in [5.41, 5.74) is 3.00. The smallest absolute Gasteiger partial charge is 0.243 e. The Labute approximate surface area is 170 Å². The first kappa shape index (κ1) is 18.9. The second-order valence-electron chi connectivity index (χ2n) is 7.14. The molecule has 3 aromatic rings. The van der Waals surface area contributed by atoms with Gasteiger partial charge in [0.25, 0.3) is 0 Å². The molecule has 1 heterocycles. The summed E-state index contributed by atoms with van der Waals surface area (Å²) in [4.78, 5) is 24.6. The molecule has 3 aromatic carbocycles. The molecule has 0 saturated carbocycles. The van der Waals surface area contributed by atoms with Gasteiger partial charge in [0.2, 0.25) is 11.8 Å². The lowest BCUT2D eigenvalue weighted by molar-refractivity contribution is -0.133. The predicted molar refractivity (Wildman–Crippen MR) is 114 cm³/mol. The van der Waals surface area contributed by atoms with Gasteiger partial charge >= 0.3 is 0 Å².